The molecule has 0 aromatic rings. The minimum Gasteiger partial charge on any atom is -0.396 e. The summed E-state index contributed by atoms with van der Waals surface area (Å²) in [6, 6.07) is 0. The number of ketones is 1. The maximum atomic E-state index is 10.9. The van der Waals surface area contributed by atoms with E-state index in [0.717, 1.165) is 0 Å². The molecule has 0 aliphatic rings. The minimum atomic E-state index is -0.227. The van der Waals surface area contributed by atoms with Gasteiger partial charge in [0, 0.05) is 26.0 Å². The quantitative estimate of drug-likeness (QED) is 0.434. The molecule has 0 aromatic carbocycles. The fourth-order valence-electron chi connectivity index (χ4n) is 0.819. The maximum Gasteiger partial charge on any atom is 0.243 e. The van der Waals surface area contributed by atoms with Crippen molar-refractivity contribution in [2.45, 2.75) is 19.3 Å². The lowest BCUT2D eigenvalue weighted by Gasteiger charge is -2.00. The number of hydrogen-bond acceptors (Lipinski definition) is 3. The molecule has 0 aliphatic heterocycles. The van der Waals surface area contributed by atoms with Crippen LogP contribution in [-0.2, 0) is 9.59 Å². The lowest BCUT2D eigenvalue weighted by atomic mass is 10.2. The Bertz CT molecular complexity index is 189. The van der Waals surface area contributed by atoms with Crippen LogP contribution in [0.2, 0.25) is 0 Å². The number of aliphatic hydroxyl groups is 1. The van der Waals surface area contributed by atoms with Gasteiger partial charge >= 0.3 is 0 Å². The molecule has 0 saturated carbocycles. The zero-order chi connectivity index (χ0) is 10.1. The van der Waals surface area contributed by atoms with E-state index in [0.29, 0.717) is 19.4 Å². The van der Waals surface area contributed by atoms with Crippen LogP contribution in [0, 0.1) is 0 Å². The SMILES string of the molecule is C=CC(=O)NCCCC(=O)CCO. The number of nitrogens with one attached hydrogen (secondary N) is 1. The van der Waals surface area contributed by atoms with Crippen molar-refractivity contribution in [1.29, 1.82) is 0 Å². The first-order chi connectivity index (χ1) is 6.20. The average Bonchev–Trinajstić information content (AvgIpc) is 2.12. The molecule has 4 nitrogen and oxygen atoms in total. The largest absolute Gasteiger partial charge is 0.396 e. The van der Waals surface area contributed by atoms with E-state index >= 15 is 0 Å². The monoisotopic (exact) mass is 185 g/mol. The Hall–Kier alpha value is -1.16. The Labute approximate surface area is 77.6 Å². The second-order valence-corrected chi connectivity index (χ2v) is 2.61. The number of carbonyl (C=O) groups excluding carboxylic acids is 2. The molecule has 0 heterocycles. The molecule has 0 spiro atoms. The summed E-state index contributed by atoms with van der Waals surface area (Å²) < 4.78 is 0. The van der Waals surface area contributed by atoms with Crippen LogP contribution in [-0.4, -0.2) is 29.9 Å². The summed E-state index contributed by atoms with van der Waals surface area (Å²) in [7, 11) is 0. The van der Waals surface area contributed by atoms with E-state index in [9.17, 15) is 9.59 Å². The van der Waals surface area contributed by atoms with Crippen molar-refractivity contribution < 1.29 is 14.7 Å². The Morgan fingerprint density at radius 3 is 2.62 bits per heavy atom. The first-order valence-corrected chi connectivity index (χ1v) is 4.23. The summed E-state index contributed by atoms with van der Waals surface area (Å²) in [5, 5.41) is 11.0. The fourth-order valence-corrected chi connectivity index (χ4v) is 0.819. The van der Waals surface area contributed by atoms with Gasteiger partial charge in [-0.15, -0.1) is 0 Å². The molecule has 0 fully saturated rings. The highest BCUT2D eigenvalue weighted by Gasteiger charge is 2.00. The number of carbonyl (C=O) groups is 2. The second-order valence-electron chi connectivity index (χ2n) is 2.61. The first-order valence-electron chi connectivity index (χ1n) is 4.23. The Morgan fingerprint density at radius 2 is 2.08 bits per heavy atom. The first kappa shape index (κ1) is 11.8. The molecule has 0 radical (unpaired) electrons. The van der Waals surface area contributed by atoms with Gasteiger partial charge in [0.25, 0.3) is 0 Å². The van der Waals surface area contributed by atoms with Crippen LogP contribution >= 0.6 is 0 Å². The number of hydrogen-bond donors (Lipinski definition) is 2. The highest BCUT2D eigenvalue weighted by atomic mass is 16.3. The second kappa shape index (κ2) is 7.49. The van der Waals surface area contributed by atoms with Gasteiger partial charge < -0.3 is 10.4 Å². The van der Waals surface area contributed by atoms with Crippen molar-refractivity contribution in [2.75, 3.05) is 13.2 Å². The Balaban J connectivity index is 3.30. The van der Waals surface area contributed by atoms with E-state index in [2.05, 4.69) is 11.9 Å². The third-order valence-corrected chi connectivity index (χ3v) is 1.51. The summed E-state index contributed by atoms with van der Waals surface area (Å²) in [5.41, 5.74) is 0. The van der Waals surface area contributed by atoms with Crippen molar-refractivity contribution in [1.82, 2.24) is 5.32 Å². The van der Waals surface area contributed by atoms with E-state index in [4.69, 9.17) is 5.11 Å². The Kier molecular flexibility index (Phi) is 6.82. The number of aliphatic hydroxyl groups excluding tert-OH is 1. The van der Waals surface area contributed by atoms with Gasteiger partial charge in [0.2, 0.25) is 5.91 Å². The van der Waals surface area contributed by atoms with E-state index < -0.39 is 0 Å². The summed E-state index contributed by atoms with van der Waals surface area (Å²) >= 11 is 0. The molecule has 1 amide bonds. The molecule has 13 heavy (non-hydrogen) atoms. The lowest BCUT2D eigenvalue weighted by Crippen LogP contribution is -2.22. The molecule has 0 aliphatic carbocycles. The smallest absolute Gasteiger partial charge is 0.243 e. The van der Waals surface area contributed by atoms with Gasteiger partial charge in [0.1, 0.15) is 5.78 Å². The van der Waals surface area contributed by atoms with E-state index in [1.54, 1.807) is 0 Å². The lowest BCUT2D eigenvalue weighted by molar-refractivity contribution is -0.120. The molecule has 0 atom stereocenters. The predicted molar refractivity (Wildman–Crippen MR) is 49.2 cm³/mol. The van der Waals surface area contributed by atoms with Gasteiger partial charge in [0.15, 0.2) is 0 Å². The van der Waals surface area contributed by atoms with Gasteiger partial charge in [-0.1, -0.05) is 6.58 Å². The van der Waals surface area contributed by atoms with Gasteiger partial charge in [-0.05, 0) is 12.5 Å². The molecule has 74 valence electrons. The molecule has 4 heteroatoms. The molecule has 0 rings (SSSR count). The van der Waals surface area contributed by atoms with Crippen LogP contribution in [0.5, 0.6) is 0 Å². The van der Waals surface area contributed by atoms with Gasteiger partial charge in [-0.25, -0.2) is 0 Å². The fraction of sp³-hybridized carbons (Fsp3) is 0.556. The number of amides is 1. The van der Waals surface area contributed by atoms with Crippen molar-refractivity contribution in [2.24, 2.45) is 0 Å². The van der Waals surface area contributed by atoms with E-state index in [-0.39, 0.29) is 24.7 Å². The zero-order valence-electron chi connectivity index (χ0n) is 7.58. The molecule has 0 aromatic heterocycles. The van der Waals surface area contributed by atoms with Crippen molar-refractivity contribution >= 4 is 11.7 Å². The van der Waals surface area contributed by atoms with Crippen LogP contribution in [0.15, 0.2) is 12.7 Å². The highest BCUT2D eigenvalue weighted by Crippen LogP contribution is 1.93. The third-order valence-electron chi connectivity index (χ3n) is 1.51. The number of Topliss-reactive ketones (excluding diaryl/α,β-unsaturated/α-hetero) is 1. The molecule has 0 saturated heterocycles. The van der Waals surface area contributed by atoms with Crippen LogP contribution in [0.25, 0.3) is 0 Å². The third kappa shape index (κ3) is 7.21. The molecule has 2 N–H and O–H groups in total. The summed E-state index contributed by atoms with van der Waals surface area (Å²) in [6.45, 7) is 3.67. The predicted octanol–water partition coefficient (Wildman–Crippen LogP) is 0.0203. The van der Waals surface area contributed by atoms with Crippen LogP contribution in [0.3, 0.4) is 0 Å². The molecular formula is C9H15NO3. The summed E-state index contributed by atoms with van der Waals surface area (Å²) in [5.74, 6) is -0.204. The van der Waals surface area contributed by atoms with E-state index in [1.165, 1.54) is 6.08 Å². The normalized spacial score (nSPS) is 9.31. The Morgan fingerprint density at radius 1 is 1.38 bits per heavy atom. The summed E-state index contributed by atoms with van der Waals surface area (Å²) in [4.78, 5) is 21.5. The van der Waals surface area contributed by atoms with Crippen LogP contribution in [0.1, 0.15) is 19.3 Å². The van der Waals surface area contributed by atoms with Gasteiger partial charge in [-0.3, -0.25) is 9.59 Å². The average molecular weight is 185 g/mol. The standard InChI is InChI=1S/C9H15NO3/c1-2-9(13)10-6-3-4-8(12)5-7-11/h2,11H,1,3-7H2,(H,10,13). The van der Waals surface area contributed by atoms with Gasteiger partial charge in [-0.2, -0.15) is 0 Å². The minimum absolute atomic E-state index is 0.0235. The van der Waals surface area contributed by atoms with E-state index in [1.807, 2.05) is 0 Å². The maximum absolute atomic E-state index is 10.9. The number of rotatable bonds is 7. The zero-order valence-corrected chi connectivity index (χ0v) is 7.58. The topological polar surface area (TPSA) is 66.4 Å². The molecular weight excluding hydrogens is 170 g/mol. The van der Waals surface area contributed by atoms with Crippen LogP contribution in [0.4, 0.5) is 0 Å². The van der Waals surface area contributed by atoms with Crippen molar-refractivity contribution in [3.8, 4) is 0 Å². The van der Waals surface area contributed by atoms with Gasteiger partial charge in [0.05, 0.1) is 0 Å². The van der Waals surface area contributed by atoms with Crippen LogP contribution < -0.4 is 5.32 Å². The highest BCUT2D eigenvalue weighted by molar-refractivity contribution is 5.86. The molecule has 0 bridgehead atoms. The van der Waals surface area contributed by atoms with Crippen molar-refractivity contribution in [3.63, 3.8) is 0 Å². The summed E-state index contributed by atoms with van der Waals surface area (Å²) in [6.07, 6.45) is 2.40. The van der Waals surface area contributed by atoms with Crippen molar-refractivity contribution in [3.05, 3.63) is 12.7 Å². The molecule has 0 unspecified atom stereocenters.